The van der Waals surface area contributed by atoms with E-state index in [2.05, 4.69) is 20.4 Å². The Morgan fingerprint density at radius 1 is 1.25 bits per heavy atom. The van der Waals surface area contributed by atoms with Crippen LogP contribution in [0, 0.1) is 5.92 Å². The molecule has 1 N–H and O–H groups in total. The molecule has 0 saturated carbocycles. The van der Waals surface area contributed by atoms with Crippen LogP contribution in [0.15, 0.2) is 53.3 Å². The van der Waals surface area contributed by atoms with E-state index in [0.29, 0.717) is 28.4 Å². The maximum absolute atomic E-state index is 13.0. The second kappa shape index (κ2) is 9.31. The highest BCUT2D eigenvalue weighted by Crippen LogP contribution is 2.25. The van der Waals surface area contributed by atoms with Gasteiger partial charge in [0.1, 0.15) is 6.04 Å². The number of hydrogen-bond acceptors (Lipinski definition) is 8. The van der Waals surface area contributed by atoms with E-state index in [1.165, 1.54) is 4.90 Å². The van der Waals surface area contributed by atoms with Crippen molar-refractivity contribution >= 4 is 28.8 Å². The summed E-state index contributed by atoms with van der Waals surface area (Å²) in [5.74, 6) is 0.290. The molecule has 3 amide bonds. The lowest BCUT2D eigenvalue weighted by Crippen LogP contribution is -2.32. The summed E-state index contributed by atoms with van der Waals surface area (Å²) >= 11 is 0.984. The molecule has 164 valence electrons. The Hall–Kier alpha value is -3.53. The lowest BCUT2D eigenvalue weighted by molar-refractivity contribution is -0.125. The summed E-state index contributed by atoms with van der Waals surface area (Å²) in [6, 6.07) is 9.95. The minimum Gasteiger partial charge on any atom is -0.340 e. The lowest BCUT2D eigenvalue weighted by atomic mass is 10.0. The smallest absolute Gasteiger partial charge is 0.289 e. The molecule has 3 heterocycles. The van der Waals surface area contributed by atoms with Gasteiger partial charge in [0, 0.05) is 23.5 Å². The summed E-state index contributed by atoms with van der Waals surface area (Å²) in [7, 11) is 0. The molecule has 9 nitrogen and oxygen atoms in total. The summed E-state index contributed by atoms with van der Waals surface area (Å²) in [6.07, 6.45) is 3.29. The first-order valence-electron chi connectivity index (χ1n) is 10.0. The van der Waals surface area contributed by atoms with Crippen LogP contribution in [-0.2, 0) is 11.3 Å². The number of carbonyl (C=O) groups excluding carboxylic acids is 3. The Bertz CT molecular complexity index is 1130. The molecule has 32 heavy (non-hydrogen) atoms. The van der Waals surface area contributed by atoms with Gasteiger partial charge >= 0.3 is 0 Å². The van der Waals surface area contributed by atoms with E-state index in [9.17, 15) is 14.4 Å². The second-order valence-corrected chi connectivity index (χ2v) is 8.55. The maximum Gasteiger partial charge on any atom is 0.289 e. The van der Waals surface area contributed by atoms with Crippen molar-refractivity contribution in [3.63, 3.8) is 0 Å². The highest BCUT2D eigenvalue weighted by Gasteiger charge is 2.30. The van der Waals surface area contributed by atoms with Crippen LogP contribution >= 0.6 is 11.8 Å². The van der Waals surface area contributed by atoms with E-state index in [4.69, 9.17) is 4.52 Å². The highest BCUT2D eigenvalue weighted by atomic mass is 32.2. The van der Waals surface area contributed by atoms with Crippen LogP contribution in [0.4, 0.5) is 4.79 Å². The number of thioether (sulfide) groups is 1. The monoisotopic (exact) mass is 451 g/mol. The van der Waals surface area contributed by atoms with E-state index in [1.54, 1.807) is 42.7 Å². The van der Waals surface area contributed by atoms with Crippen LogP contribution in [0.25, 0.3) is 11.4 Å². The van der Waals surface area contributed by atoms with Crippen LogP contribution in [0.2, 0.25) is 0 Å². The molecule has 1 unspecified atom stereocenters. The second-order valence-electron chi connectivity index (χ2n) is 7.63. The third-order valence-electron chi connectivity index (χ3n) is 4.95. The number of carbonyl (C=O) groups is 3. The third-order valence-corrected chi connectivity index (χ3v) is 5.81. The summed E-state index contributed by atoms with van der Waals surface area (Å²) in [5, 5.41) is 6.68. The zero-order valence-corrected chi connectivity index (χ0v) is 18.3. The Balaban J connectivity index is 1.50. The molecule has 0 aliphatic carbocycles. The summed E-state index contributed by atoms with van der Waals surface area (Å²) in [5.41, 5.74) is 1.82. The van der Waals surface area contributed by atoms with Crippen LogP contribution in [0.1, 0.15) is 41.7 Å². The van der Waals surface area contributed by atoms with Gasteiger partial charge in [-0.1, -0.05) is 42.9 Å². The summed E-state index contributed by atoms with van der Waals surface area (Å²) < 4.78 is 5.43. The normalized spacial score (nSPS) is 14.8. The molecule has 1 aliphatic heterocycles. The van der Waals surface area contributed by atoms with Crippen molar-refractivity contribution in [1.29, 1.82) is 0 Å². The van der Waals surface area contributed by atoms with Crippen LogP contribution < -0.4 is 5.32 Å². The van der Waals surface area contributed by atoms with Crippen molar-refractivity contribution in [2.75, 3.05) is 5.75 Å². The van der Waals surface area contributed by atoms with Crippen LogP contribution in [-0.4, -0.2) is 42.8 Å². The number of nitrogens with one attached hydrogen (secondary N) is 1. The van der Waals surface area contributed by atoms with Crippen molar-refractivity contribution in [2.24, 2.45) is 5.92 Å². The first-order chi connectivity index (χ1) is 15.4. The fourth-order valence-electron chi connectivity index (χ4n) is 3.24. The third kappa shape index (κ3) is 4.70. The highest BCUT2D eigenvalue weighted by molar-refractivity contribution is 8.14. The average molecular weight is 452 g/mol. The Morgan fingerprint density at radius 3 is 2.78 bits per heavy atom. The largest absolute Gasteiger partial charge is 0.340 e. The van der Waals surface area contributed by atoms with Gasteiger partial charge in [-0.2, -0.15) is 4.98 Å². The van der Waals surface area contributed by atoms with Gasteiger partial charge in [0.2, 0.25) is 17.6 Å². The fourth-order valence-corrected chi connectivity index (χ4v) is 3.96. The number of rotatable bonds is 7. The van der Waals surface area contributed by atoms with Crippen LogP contribution in [0.3, 0.4) is 0 Å². The fraction of sp³-hybridized carbons (Fsp3) is 0.273. The topological polar surface area (TPSA) is 118 Å². The molecule has 1 atom stereocenters. The Kier molecular flexibility index (Phi) is 6.31. The standard InChI is InChI=1S/C22H21N5O4S/c1-13(2)18(21-25-19(26-31-21)16-7-4-8-23-10-16)24-20(29)15-6-3-5-14(9-15)11-27-17(28)12-32-22(27)30/h3-10,13,18H,11-12H2,1-2H3,(H,24,29). The SMILES string of the molecule is CC(C)C(NC(=O)c1cccc(CN2C(=O)CSC2=O)c1)c1nc(-c2cccnc2)no1. The Labute approximate surface area is 188 Å². The molecule has 0 spiro atoms. The molecule has 4 rings (SSSR count). The molecular formula is C22H21N5O4S. The Morgan fingerprint density at radius 2 is 2.09 bits per heavy atom. The number of benzene rings is 1. The van der Waals surface area contributed by atoms with E-state index >= 15 is 0 Å². The van der Waals surface area contributed by atoms with Crippen LogP contribution in [0.5, 0.6) is 0 Å². The van der Waals surface area contributed by atoms with Crippen molar-refractivity contribution < 1.29 is 18.9 Å². The lowest BCUT2D eigenvalue weighted by Gasteiger charge is -2.19. The van der Waals surface area contributed by atoms with Gasteiger partial charge in [0.15, 0.2) is 0 Å². The molecule has 1 fully saturated rings. The van der Waals surface area contributed by atoms with Crippen molar-refractivity contribution in [2.45, 2.75) is 26.4 Å². The predicted molar refractivity (Wildman–Crippen MR) is 117 cm³/mol. The van der Waals surface area contributed by atoms with Crippen molar-refractivity contribution in [3.8, 4) is 11.4 Å². The zero-order chi connectivity index (χ0) is 22.7. The number of imide groups is 1. The van der Waals surface area contributed by atoms with Gasteiger partial charge in [0.05, 0.1) is 12.3 Å². The quantitative estimate of drug-likeness (QED) is 0.580. The maximum atomic E-state index is 13.0. The summed E-state index contributed by atoms with van der Waals surface area (Å²) in [4.78, 5) is 46.4. The number of nitrogens with zero attached hydrogens (tertiary/aromatic N) is 4. The molecule has 1 aromatic carbocycles. The van der Waals surface area contributed by atoms with Crippen molar-refractivity contribution in [3.05, 3.63) is 65.8 Å². The van der Waals surface area contributed by atoms with E-state index in [1.807, 2.05) is 19.9 Å². The van der Waals surface area contributed by atoms with E-state index in [-0.39, 0.29) is 35.3 Å². The number of amides is 3. The molecule has 1 aliphatic rings. The average Bonchev–Trinajstić information content (AvgIpc) is 3.40. The van der Waals surface area contributed by atoms with Gasteiger partial charge in [0.25, 0.3) is 11.1 Å². The van der Waals surface area contributed by atoms with E-state index in [0.717, 1.165) is 11.8 Å². The van der Waals surface area contributed by atoms with Gasteiger partial charge in [-0.25, -0.2) is 0 Å². The molecule has 2 aromatic heterocycles. The van der Waals surface area contributed by atoms with Gasteiger partial charge in [-0.15, -0.1) is 0 Å². The molecule has 1 saturated heterocycles. The number of pyridine rings is 1. The zero-order valence-electron chi connectivity index (χ0n) is 17.5. The minimum absolute atomic E-state index is 0.0128. The summed E-state index contributed by atoms with van der Waals surface area (Å²) in [6.45, 7) is 4.02. The van der Waals surface area contributed by atoms with Crippen molar-refractivity contribution in [1.82, 2.24) is 25.3 Å². The van der Waals surface area contributed by atoms with Gasteiger partial charge in [-0.05, 0) is 35.7 Å². The van der Waals surface area contributed by atoms with E-state index < -0.39 is 6.04 Å². The van der Waals surface area contributed by atoms with Gasteiger partial charge < -0.3 is 9.84 Å². The number of hydrogen-bond donors (Lipinski definition) is 1. The molecule has 3 aromatic rings. The minimum atomic E-state index is -0.498. The van der Waals surface area contributed by atoms with Gasteiger partial charge in [-0.3, -0.25) is 24.3 Å². The molecule has 0 bridgehead atoms. The molecular weight excluding hydrogens is 430 g/mol. The molecule has 0 radical (unpaired) electrons. The first-order valence-corrected chi connectivity index (χ1v) is 11.0. The molecule has 10 heteroatoms. The predicted octanol–water partition coefficient (Wildman–Crippen LogP) is 3.45. The number of aromatic nitrogens is 3. The first kappa shape index (κ1) is 21.7.